The largest absolute Gasteiger partial charge is 0.292 e. The summed E-state index contributed by atoms with van der Waals surface area (Å²) in [5.74, 6) is 0.669. The van der Waals surface area contributed by atoms with E-state index in [0.29, 0.717) is 23.3 Å². The van der Waals surface area contributed by atoms with Crippen LogP contribution in [-0.2, 0) is 6.54 Å². The molecule has 0 unspecified atom stereocenters. The van der Waals surface area contributed by atoms with Gasteiger partial charge in [-0.2, -0.15) is 5.26 Å². The van der Waals surface area contributed by atoms with Crippen LogP contribution in [0.5, 0.6) is 0 Å². The van der Waals surface area contributed by atoms with Gasteiger partial charge in [-0.25, -0.2) is 4.98 Å². The molecule has 21 heavy (non-hydrogen) atoms. The predicted molar refractivity (Wildman–Crippen MR) is 83.6 cm³/mol. The van der Waals surface area contributed by atoms with Crippen LogP contribution >= 0.6 is 11.3 Å². The second kappa shape index (κ2) is 5.15. The summed E-state index contributed by atoms with van der Waals surface area (Å²) in [7, 11) is 0. The lowest BCUT2D eigenvalue weighted by atomic mass is 10.1. The molecule has 0 spiro atoms. The zero-order valence-corrected chi connectivity index (χ0v) is 12.6. The molecule has 3 aromatic rings. The molecule has 2 aromatic heterocycles. The number of benzene rings is 1. The van der Waals surface area contributed by atoms with Gasteiger partial charge >= 0.3 is 0 Å². The van der Waals surface area contributed by atoms with E-state index in [2.05, 4.69) is 11.1 Å². The molecule has 0 saturated carbocycles. The molecule has 0 N–H and O–H groups in total. The molecule has 0 radical (unpaired) electrons. The van der Waals surface area contributed by atoms with Crippen molar-refractivity contribution in [3.8, 4) is 6.07 Å². The summed E-state index contributed by atoms with van der Waals surface area (Å²) in [5.41, 5.74) is 1.37. The summed E-state index contributed by atoms with van der Waals surface area (Å²) in [6.07, 6.45) is 0. The average molecular weight is 295 g/mol. The Kier molecular flexibility index (Phi) is 3.32. The van der Waals surface area contributed by atoms with E-state index in [-0.39, 0.29) is 5.56 Å². The van der Waals surface area contributed by atoms with Crippen molar-refractivity contribution in [1.82, 2.24) is 9.55 Å². The highest BCUT2D eigenvalue weighted by Crippen LogP contribution is 2.21. The highest BCUT2D eigenvalue weighted by atomic mass is 32.1. The van der Waals surface area contributed by atoms with Crippen LogP contribution in [0.4, 0.5) is 0 Å². The summed E-state index contributed by atoms with van der Waals surface area (Å²) in [6, 6.07) is 11.4. The Balaban J connectivity index is 2.17. The maximum Gasteiger partial charge on any atom is 0.262 e. The van der Waals surface area contributed by atoms with Crippen LogP contribution < -0.4 is 5.56 Å². The molecule has 0 atom stereocenters. The zero-order valence-electron chi connectivity index (χ0n) is 11.8. The van der Waals surface area contributed by atoms with Gasteiger partial charge in [0.15, 0.2) is 0 Å². The minimum atomic E-state index is -0.0467. The first-order valence-electron chi connectivity index (χ1n) is 6.55. The number of hydrogen-bond acceptors (Lipinski definition) is 4. The van der Waals surface area contributed by atoms with E-state index in [1.807, 2.05) is 38.1 Å². The minimum absolute atomic E-state index is 0.0467. The lowest BCUT2D eigenvalue weighted by molar-refractivity contribution is 0.712. The van der Waals surface area contributed by atoms with Gasteiger partial charge < -0.3 is 0 Å². The number of aryl methyl sites for hydroxylation is 2. The Hall–Kier alpha value is -2.45. The van der Waals surface area contributed by atoms with Crippen LogP contribution in [0.2, 0.25) is 0 Å². The fraction of sp³-hybridized carbons (Fsp3) is 0.188. The first kappa shape index (κ1) is 13.5. The third-order valence-electron chi connectivity index (χ3n) is 3.43. The molecule has 4 nitrogen and oxygen atoms in total. The number of thiophene rings is 1. The van der Waals surface area contributed by atoms with E-state index < -0.39 is 0 Å². The fourth-order valence-electron chi connectivity index (χ4n) is 2.36. The van der Waals surface area contributed by atoms with Gasteiger partial charge in [0.25, 0.3) is 5.56 Å². The zero-order chi connectivity index (χ0) is 15.0. The van der Waals surface area contributed by atoms with E-state index in [1.54, 1.807) is 10.6 Å². The van der Waals surface area contributed by atoms with Crippen molar-refractivity contribution in [2.45, 2.75) is 20.4 Å². The van der Waals surface area contributed by atoms with Crippen LogP contribution in [0.1, 0.15) is 21.8 Å². The predicted octanol–water partition coefficient (Wildman–Crippen LogP) is 2.99. The number of rotatable bonds is 2. The summed E-state index contributed by atoms with van der Waals surface area (Å²) in [4.78, 5) is 19.0. The van der Waals surface area contributed by atoms with Crippen molar-refractivity contribution < 1.29 is 0 Å². The van der Waals surface area contributed by atoms with Crippen molar-refractivity contribution in [2.24, 2.45) is 0 Å². The molecule has 0 saturated heterocycles. The van der Waals surface area contributed by atoms with Crippen molar-refractivity contribution in [3.63, 3.8) is 0 Å². The van der Waals surface area contributed by atoms with Crippen LogP contribution in [0.3, 0.4) is 0 Å². The molecule has 3 rings (SSSR count). The second-order valence-electron chi connectivity index (χ2n) is 4.90. The van der Waals surface area contributed by atoms with Crippen molar-refractivity contribution in [2.75, 3.05) is 0 Å². The Labute approximate surface area is 125 Å². The normalized spacial score (nSPS) is 10.7. The number of nitrogens with zero attached hydrogens (tertiary/aromatic N) is 3. The number of nitriles is 1. The molecule has 2 heterocycles. The van der Waals surface area contributed by atoms with Crippen LogP contribution in [0.15, 0.2) is 35.1 Å². The molecule has 1 aromatic carbocycles. The lowest BCUT2D eigenvalue weighted by Gasteiger charge is -2.10. The Morgan fingerprint density at radius 1 is 1.33 bits per heavy atom. The fourth-order valence-corrected chi connectivity index (χ4v) is 3.28. The van der Waals surface area contributed by atoms with Gasteiger partial charge in [0.05, 0.1) is 23.6 Å². The third kappa shape index (κ3) is 2.34. The monoisotopic (exact) mass is 295 g/mol. The lowest BCUT2D eigenvalue weighted by Crippen LogP contribution is -2.24. The number of fused-ring (bicyclic) bond motifs is 1. The molecular weight excluding hydrogens is 282 g/mol. The Bertz CT molecular complexity index is 931. The molecule has 0 aliphatic heterocycles. The average Bonchev–Trinajstić information content (AvgIpc) is 2.84. The SMILES string of the molecule is Cc1cc2c(=O)n(Cc3ccccc3C#N)c(C)nc2s1. The standard InChI is InChI=1S/C16H13N3OS/c1-10-7-14-15(21-10)18-11(2)19(16(14)20)9-13-6-4-3-5-12(13)8-17/h3-7H,9H2,1-2H3. The summed E-state index contributed by atoms with van der Waals surface area (Å²) >= 11 is 1.53. The molecule has 0 amide bonds. The summed E-state index contributed by atoms with van der Waals surface area (Å²) in [5, 5.41) is 9.81. The number of hydrogen-bond donors (Lipinski definition) is 0. The van der Waals surface area contributed by atoms with Gasteiger partial charge in [0.2, 0.25) is 0 Å². The van der Waals surface area contributed by atoms with E-state index in [9.17, 15) is 4.79 Å². The van der Waals surface area contributed by atoms with Crippen LogP contribution in [0, 0.1) is 25.2 Å². The number of aromatic nitrogens is 2. The third-order valence-corrected chi connectivity index (χ3v) is 4.38. The highest BCUT2D eigenvalue weighted by Gasteiger charge is 2.12. The van der Waals surface area contributed by atoms with E-state index in [4.69, 9.17) is 5.26 Å². The van der Waals surface area contributed by atoms with E-state index in [1.165, 1.54) is 11.3 Å². The van der Waals surface area contributed by atoms with E-state index in [0.717, 1.165) is 15.3 Å². The van der Waals surface area contributed by atoms with Crippen LogP contribution in [-0.4, -0.2) is 9.55 Å². The summed E-state index contributed by atoms with van der Waals surface area (Å²) in [6.45, 7) is 4.16. The van der Waals surface area contributed by atoms with Gasteiger partial charge in [0.1, 0.15) is 10.7 Å². The van der Waals surface area contributed by atoms with Gasteiger partial charge in [0, 0.05) is 4.88 Å². The van der Waals surface area contributed by atoms with Crippen molar-refractivity contribution >= 4 is 21.6 Å². The smallest absolute Gasteiger partial charge is 0.262 e. The molecule has 0 aliphatic rings. The van der Waals surface area contributed by atoms with Crippen molar-refractivity contribution in [3.05, 3.63) is 62.5 Å². The molecule has 104 valence electrons. The van der Waals surface area contributed by atoms with E-state index >= 15 is 0 Å². The van der Waals surface area contributed by atoms with Gasteiger partial charge in [-0.05, 0) is 31.5 Å². The first-order valence-corrected chi connectivity index (χ1v) is 7.37. The maximum absolute atomic E-state index is 12.6. The topological polar surface area (TPSA) is 58.7 Å². The van der Waals surface area contributed by atoms with Gasteiger partial charge in [-0.15, -0.1) is 11.3 Å². The molecule has 0 fully saturated rings. The molecular formula is C16H13N3OS. The molecule has 5 heteroatoms. The Morgan fingerprint density at radius 3 is 2.86 bits per heavy atom. The maximum atomic E-state index is 12.6. The quantitative estimate of drug-likeness (QED) is 0.730. The second-order valence-corrected chi connectivity index (χ2v) is 6.13. The van der Waals surface area contributed by atoms with Crippen molar-refractivity contribution in [1.29, 1.82) is 5.26 Å². The highest BCUT2D eigenvalue weighted by molar-refractivity contribution is 7.18. The Morgan fingerprint density at radius 2 is 2.10 bits per heavy atom. The summed E-state index contributed by atoms with van der Waals surface area (Å²) < 4.78 is 1.63. The van der Waals surface area contributed by atoms with Gasteiger partial charge in [-0.1, -0.05) is 18.2 Å². The molecule has 0 aliphatic carbocycles. The minimum Gasteiger partial charge on any atom is -0.292 e. The van der Waals surface area contributed by atoms with Crippen LogP contribution in [0.25, 0.3) is 10.2 Å². The molecule has 0 bridgehead atoms. The first-order chi connectivity index (χ1) is 10.1. The van der Waals surface area contributed by atoms with Gasteiger partial charge in [-0.3, -0.25) is 9.36 Å².